The van der Waals surface area contributed by atoms with Crippen molar-refractivity contribution in [2.45, 2.75) is 6.54 Å². The summed E-state index contributed by atoms with van der Waals surface area (Å²) in [6, 6.07) is 7.98. The summed E-state index contributed by atoms with van der Waals surface area (Å²) in [5, 5.41) is 1.09. The minimum absolute atomic E-state index is 0.420. The smallest absolute Gasteiger partial charge is 0.121 e. The standard InChI is InChI=1S/C11H10N4/c12-5-10-14-9-6-13-8-4-2-1-3-7(8)11(9)15-10/h1-4,6H,5,12H2,(H,14,15). The molecule has 74 valence electrons. The van der Waals surface area contributed by atoms with Crippen LogP contribution in [-0.4, -0.2) is 15.0 Å². The van der Waals surface area contributed by atoms with Crippen molar-refractivity contribution in [3.63, 3.8) is 0 Å². The van der Waals surface area contributed by atoms with Gasteiger partial charge in [0.2, 0.25) is 0 Å². The monoisotopic (exact) mass is 198 g/mol. The van der Waals surface area contributed by atoms with E-state index in [0.717, 1.165) is 27.8 Å². The molecule has 0 aliphatic heterocycles. The van der Waals surface area contributed by atoms with Crippen molar-refractivity contribution < 1.29 is 0 Å². The number of aromatic nitrogens is 3. The molecule has 0 fully saturated rings. The van der Waals surface area contributed by atoms with Crippen LogP contribution in [0.2, 0.25) is 0 Å². The Bertz CT molecular complexity index is 627. The maximum atomic E-state index is 5.54. The summed E-state index contributed by atoms with van der Waals surface area (Å²) in [5.41, 5.74) is 8.40. The lowest BCUT2D eigenvalue weighted by molar-refractivity contribution is 0.959. The molecule has 0 unspecified atom stereocenters. The predicted octanol–water partition coefficient (Wildman–Crippen LogP) is 1.57. The summed E-state index contributed by atoms with van der Waals surface area (Å²) >= 11 is 0. The summed E-state index contributed by atoms with van der Waals surface area (Å²) < 4.78 is 0. The number of para-hydroxylation sites is 1. The minimum Gasteiger partial charge on any atom is -0.340 e. The molecule has 0 saturated carbocycles. The third kappa shape index (κ3) is 1.19. The highest BCUT2D eigenvalue weighted by Crippen LogP contribution is 2.20. The number of benzene rings is 1. The van der Waals surface area contributed by atoms with Crippen LogP contribution in [0.4, 0.5) is 0 Å². The lowest BCUT2D eigenvalue weighted by Gasteiger charge is -1.96. The summed E-state index contributed by atoms with van der Waals surface area (Å²) in [6.45, 7) is 0.420. The van der Waals surface area contributed by atoms with Crippen LogP contribution in [0.25, 0.3) is 21.9 Å². The Kier molecular flexibility index (Phi) is 1.69. The van der Waals surface area contributed by atoms with Crippen molar-refractivity contribution in [3.8, 4) is 0 Å². The molecule has 0 amide bonds. The molecular formula is C11H10N4. The second kappa shape index (κ2) is 3.03. The number of H-pyrrole nitrogens is 1. The number of hydrogen-bond donors (Lipinski definition) is 2. The van der Waals surface area contributed by atoms with Crippen molar-refractivity contribution in [3.05, 3.63) is 36.3 Å². The SMILES string of the molecule is NCc1nc2cnc3ccccc3c2[nH]1. The molecule has 2 heterocycles. The largest absolute Gasteiger partial charge is 0.340 e. The van der Waals surface area contributed by atoms with E-state index in [1.165, 1.54) is 0 Å². The Morgan fingerprint density at radius 2 is 2.07 bits per heavy atom. The van der Waals surface area contributed by atoms with Crippen LogP contribution < -0.4 is 5.73 Å². The lowest BCUT2D eigenvalue weighted by atomic mass is 10.2. The van der Waals surface area contributed by atoms with Crippen molar-refractivity contribution in [2.24, 2.45) is 5.73 Å². The van der Waals surface area contributed by atoms with Crippen molar-refractivity contribution >= 4 is 21.9 Å². The quantitative estimate of drug-likeness (QED) is 0.623. The first-order chi connectivity index (χ1) is 7.38. The number of nitrogens with two attached hydrogens (primary N) is 1. The highest BCUT2D eigenvalue weighted by molar-refractivity contribution is 6.01. The van der Waals surface area contributed by atoms with E-state index < -0.39 is 0 Å². The zero-order chi connectivity index (χ0) is 10.3. The number of rotatable bonds is 1. The zero-order valence-corrected chi connectivity index (χ0v) is 8.07. The Balaban J connectivity index is 2.47. The van der Waals surface area contributed by atoms with Gasteiger partial charge in [-0.3, -0.25) is 4.98 Å². The Hall–Kier alpha value is -1.94. The van der Waals surface area contributed by atoms with Gasteiger partial charge in [0.1, 0.15) is 11.3 Å². The van der Waals surface area contributed by atoms with Gasteiger partial charge in [-0.1, -0.05) is 18.2 Å². The molecule has 0 atom stereocenters. The van der Waals surface area contributed by atoms with Crippen LogP contribution in [0.15, 0.2) is 30.5 Å². The lowest BCUT2D eigenvalue weighted by Crippen LogP contribution is -1.97. The summed E-state index contributed by atoms with van der Waals surface area (Å²) in [5.74, 6) is 0.795. The topological polar surface area (TPSA) is 67.6 Å². The van der Waals surface area contributed by atoms with E-state index in [9.17, 15) is 0 Å². The van der Waals surface area contributed by atoms with Crippen LogP contribution in [-0.2, 0) is 6.54 Å². The third-order valence-corrected chi connectivity index (χ3v) is 2.47. The molecule has 4 heteroatoms. The van der Waals surface area contributed by atoms with Gasteiger partial charge in [-0.2, -0.15) is 0 Å². The minimum atomic E-state index is 0.420. The van der Waals surface area contributed by atoms with E-state index in [2.05, 4.69) is 15.0 Å². The van der Waals surface area contributed by atoms with Gasteiger partial charge >= 0.3 is 0 Å². The number of fused-ring (bicyclic) bond motifs is 3. The molecule has 1 aromatic carbocycles. The van der Waals surface area contributed by atoms with Gasteiger partial charge in [0, 0.05) is 5.39 Å². The van der Waals surface area contributed by atoms with Crippen molar-refractivity contribution in [1.29, 1.82) is 0 Å². The molecule has 0 spiro atoms. The van der Waals surface area contributed by atoms with Gasteiger partial charge in [-0.25, -0.2) is 4.98 Å². The molecule has 0 saturated heterocycles. The average Bonchev–Trinajstić information content (AvgIpc) is 2.72. The van der Waals surface area contributed by atoms with Crippen LogP contribution in [0.1, 0.15) is 5.82 Å². The summed E-state index contributed by atoms with van der Waals surface area (Å²) in [6.07, 6.45) is 1.77. The number of aromatic amines is 1. The van der Waals surface area contributed by atoms with Gasteiger partial charge in [0.15, 0.2) is 0 Å². The van der Waals surface area contributed by atoms with Crippen LogP contribution in [0.5, 0.6) is 0 Å². The van der Waals surface area contributed by atoms with E-state index >= 15 is 0 Å². The predicted molar refractivity (Wildman–Crippen MR) is 59.3 cm³/mol. The molecule has 3 N–H and O–H groups in total. The van der Waals surface area contributed by atoms with E-state index in [-0.39, 0.29) is 0 Å². The van der Waals surface area contributed by atoms with E-state index in [4.69, 9.17) is 5.73 Å². The fraction of sp³-hybridized carbons (Fsp3) is 0.0909. The Morgan fingerprint density at radius 1 is 1.20 bits per heavy atom. The number of hydrogen-bond acceptors (Lipinski definition) is 3. The van der Waals surface area contributed by atoms with Gasteiger partial charge < -0.3 is 10.7 Å². The van der Waals surface area contributed by atoms with Crippen molar-refractivity contribution in [2.75, 3.05) is 0 Å². The van der Waals surface area contributed by atoms with Crippen molar-refractivity contribution in [1.82, 2.24) is 15.0 Å². The average molecular weight is 198 g/mol. The highest BCUT2D eigenvalue weighted by Gasteiger charge is 2.05. The maximum absolute atomic E-state index is 5.54. The Morgan fingerprint density at radius 3 is 2.93 bits per heavy atom. The van der Waals surface area contributed by atoms with Gasteiger partial charge in [0.05, 0.1) is 23.8 Å². The normalized spacial score (nSPS) is 11.3. The summed E-state index contributed by atoms with van der Waals surface area (Å²) in [4.78, 5) is 11.9. The summed E-state index contributed by atoms with van der Waals surface area (Å²) in [7, 11) is 0. The fourth-order valence-electron chi connectivity index (χ4n) is 1.76. The van der Waals surface area contributed by atoms with E-state index in [0.29, 0.717) is 6.54 Å². The first-order valence-corrected chi connectivity index (χ1v) is 4.81. The van der Waals surface area contributed by atoms with Crippen LogP contribution in [0.3, 0.4) is 0 Å². The molecule has 3 aromatic rings. The van der Waals surface area contributed by atoms with Crippen LogP contribution >= 0.6 is 0 Å². The fourth-order valence-corrected chi connectivity index (χ4v) is 1.76. The number of imidazole rings is 1. The molecule has 0 radical (unpaired) electrons. The first-order valence-electron chi connectivity index (χ1n) is 4.81. The van der Waals surface area contributed by atoms with E-state index in [1.54, 1.807) is 6.20 Å². The Labute approximate surface area is 86.1 Å². The number of pyridine rings is 1. The third-order valence-electron chi connectivity index (χ3n) is 2.47. The van der Waals surface area contributed by atoms with Gasteiger partial charge in [0.25, 0.3) is 0 Å². The zero-order valence-electron chi connectivity index (χ0n) is 8.07. The molecule has 0 aliphatic carbocycles. The molecular weight excluding hydrogens is 188 g/mol. The second-order valence-corrected chi connectivity index (χ2v) is 3.42. The number of nitrogens with zero attached hydrogens (tertiary/aromatic N) is 2. The maximum Gasteiger partial charge on any atom is 0.121 e. The molecule has 0 bridgehead atoms. The molecule has 2 aromatic heterocycles. The van der Waals surface area contributed by atoms with Crippen LogP contribution in [0, 0.1) is 0 Å². The molecule has 15 heavy (non-hydrogen) atoms. The molecule has 0 aliphatic rings. The highest BCUT2D eigenvalue weighted by atomic mass is 14.9. The van der Waals surface area contributed by atoms with Gasteiger partial charge in [-0.15, -0.1) is 0 Å². The van der Waals surface area contributed by atoms with E-state index in [1.807, 2.05) is 24.3 Å². The second-order valence-electron chi connectivity index (χ2n) is 3.42. The van der Waals surface area contributed by atoms with Gasteiger partial charge in [-0.05, 0) is 6.07 Å². The first kappa shape index (κ1) is 8.38. The molecule has 4 nitrogen and oxygen atoms in total. The molecule has 3 rings (SSSR count). The number of nitrogens with one attached hydrogen (secondary N) is 1.